The van der Waals surface area contributed by atoms with Gasteiger partial charge < -0.3 is 15.0 Å². The molecule has 0 aromatic carbocycles. The zero-order valence-corrected chi connectivity index (χ0v) is 11.4. The molecule has 2 rings (SSSR count). The number of carbonyl (C=O) groups excluding carboxylic acids is 2. The van der Waals surface area contributed by atoms with Gasteiger partial charge in [0.2, 0.25) is 5.91 Å². The Kier molecular flexibility index (Phi) is 3.01. The minimum atomic E-state index is -0.466. The Morgan fingerprint density at radius 1 is 1.39 bits per heavy atom. The Morgan fingerprint density at radius 2 is 2.00 bits per heavy atom. The van der Waals surface area contributed by atoms with Crippen LogP contribution in [0.1, 0.15) is 20.8 Å². The van der Waals surface area contributed by atoms with E-state index in [1.165, 1.54) is 0 Å². The van der Waals surface area contributed by atoms with Crippen LogP contribution in [0.4, 0.5) is 4.79 Å². The Labute approximate surface area is 107 Å². The molecule has 0 atom stereocenters. The molecule has 2 saturated heterocycles. The monoisotopic (exact) mass is 255 g/mol. The molecule has 0 unspecified atom stereocenters. The van der Waals surface area contributed by atoms with Gasteiger partial charge in [-0.3, -0.25) is 9.69 Å². The molecule has 0 saturated carbocycles. The van der Waals surface area contributed by atoms with Crippen molar-refractivity contribution < 1.29 is 14.3 Å². The lowest BCUT2D eigenvalue weighted by Gasteiger charge is -2.56. The fourth-order valence-electron chi connectivity index (χ4n) is 2.31. The van der Waals surface area contributed by atoms with Gasteiger partial charge in [0.25, 0.3) is 0 Å². The van der Waals surface area contributed by atoms with Crippen LogP contribution in [0.3, 0.4) is 0 Å². The molecule has 2 aliphatic rings. The summed E-state index contributed by atoms with van der Waals surface area (Å²) in [5, 5.41) is 2.85. The second-order valence-electron chi connectivity index (χ2n) is 6.19. The van der Waals surface area contributed by atoms with Gasteiger partial charge in [-0.1, -0.05) is 0 Å². The van der Waals surface area contributed by atoms with Crippen molar-refractivity contribution in [1.29, 1.82) is 0 Å². The quantitative estimate of drug-likeness (QED) is 0.664. The van der Waals surface area contributed by atoms with E-state index in [2.05, 4.69) is 5.32 Å². The van der Waals surface area contributed by atoms with Crippen molar-refractivity contribution in [1.82, 2.24) is 15.1 Å². The minimum absolute atomic E-state index is 0.0406. The van der Waals surface area contributed by atoms with Crippen molar-refractivity contribution in [3.8, 4) is 0 Å². The van der Waals surface area contributed by atoms with Gasteiger partial charge in [0.1, 0.15) is 5.60 Å². The van der Waals surface area contributed by atoms with Crippen LogP contribution in [-0.2, 0) is 9.53 Å². The molecule has 0 aromatic heterocycles. The molecule has 2 amide bonds. The van der Waals surface area contributed by atoms with Crippen LogP contribution < -0.4 is 5.32 Å². The maximum absolute atomic E-state index is 11.8. The van der Waals surface area contributed by atoms with E-state index >= 15 is 0 Å². The lowest BCUT2D eigenvalue weighted by atomic mass is 9.86. The number of rotatable bonds is 0. The van der Waals surface area contributed by atoms with E-state index in [1.54, 1.807) is 4.90 Å². The lowest BCUT2D eigenvalue weighted by molar-refractivity contribution is -0.133. The van der Waals surface area contributed by atoms with E-state index in [4.69, 9.17) is 4.74 Å². The van der Waals surface area contributed by atoms with Gasteiger partial charge in [-0.25, -0.2) is 4.79 Å². The van der Waals surface area contributed by atoms with Crippen molar-refractivity contribution >= 4 is 12.0 Å². The Balaban J connectivity index is 1.90. The third-order valence-corrected chi connectivity index (χ3v) is 3.43. The van der Waals surface area contributed by atoms with Crippen LogP contribution in [0.15, 0.2) is 0 Å². The molecule has 0 bridgehead atoms. The van der Waals surface area contributed by atoms with Crippen LogP contribution in [0.25, 0.3) is 0 Å². The molecule has 1 spiro atoms. The van der Waals surface area contributed by atoms with Crippen molar-refractivity contribution in [2.45, 2.75) is 31.9 Å². The molecule has 2 fully saturated rings. The highest BCUT2D eigenvalue weighted by molar-refractivity contribution is 5.79. The summed E-state index contributed by atoms with van der Waals surface area (Å²) in [5.74, 6) is 0.0406. The van der Waals surface area contributed by atoms with Crippen LogP contribution >= 0.6 is 0 Å². The van der Waals surface area contributed by atoms with Crippen molar-refractivity contribution in [3.63, 3.8) is 0 Å². The topological polar surface area (TPSA) is 61.9 Å². The number of nitrogens with zero attached hydrogens (tertiary/aromatic N) is 2. The van der Waals surface area contributed by atoms with Gasteiger partial charge in [-0.05, 0) is 27.8 Å². The first-order chi connectivity index (χ1) is 8.22. The van der Waals surface area contributed by atoms with Gasteiger partial charge in [0.05, 0.1) is 12.1 Å². The van der Waals surface area contributed by atoms with E-state index in [0.717, 1.165) is 0 Å². The molecule has 102 valence electrons. The standard InChI is InChI=1S/C12H21N3O3/c1-11(2,3)18-10(17)15-7-12(8-15)6-13-9(16)5-14(12)4/h5-8H2,1-4H3,(H,13,16). The first-order valence-electron chi connectivity index (χ1n) is 6.18. The predicted octanol–water partition coefficient (Wildman–Crippen LogP) is 0.0375. The van der Waals surface area contributed by atoms with Gasteiger partial charge >= 0.3 is 6.09 Å². The third-order valence-electron chi connectivity index (χ3n) is 3.43. The van der Waals surface area contributed by atoms with E-state index < -0.39 is 5.60 Å². The number of nitrogens with one attached hydrogen (secondary N) is 1. The highest BCUT2D eigenvalue weighted by Gasteiger charge is 2.51. The van der Waals surface area contributed by atoms with Gasteiger partial charge in [-0.15, -0.1) is 0 Å². The van der Waals surface area contributed by atoms with Crippen LogP contribution in [0.5, 0.6) is 0 Å². The van der Waals surface area contributed by atoms with Crippen LogP contribution in [-0.4, -0.2) is 66.2 Å². The van der Waals surface area contributed by atoms with E-state index in [0.29, 0.717) is 26.2 Å². The normalized spacial score (nSPS) is 23.6. The van der Waals surface area contributed by atoms with Crippen molar-refractivity contribution in [3.05, 3.63) is 0 Å². The summed E-state index contributed by atoms with van der Waals surface area (Å²) < 4.78 is 5.31. The van der Waals surface area contributed by atoms with Crippen molar-refractivity contribution in [2.24, 2.45) is 0 Å². The Morgan fingerprint density at radius 3 is 2.50 bits per heavy atom. The van der Waals surface area contributed by atoms with Gasteiger partial charge in [0, 0.05) is 19.6 Å². The van der Waals surface area contributed by atoms with Gasteiger partial charge in [-0.2, -0.15) is 0 Å². The number of carbonyl (C=O) groups is 2. The highest BCUT2D eigenvalue weighted by atomic mass is 16.6. The molecule has 2 aliphatic heterocycles. The number of hydrogen-bond acceptors (Lipinski definition) is 4. The van der Waals surface area contributed by atoms with E-state index in [1.807, 2.05) is 32.7 Å². The number of likely N-dealkylation sites (N-methyl/N-ethyl adjacent to an activating group) is 1. The molecular formula is C12H21N3O3. The second kappa shape index (κ2) is 4.12. The molecule has 6 heteroatoms. The summed E-state index contributed by atoms with van der Waals surface area (Å²) >= 11 is 0. The number of hydrogen-bond donors (Lipinski definition) is 1. The molecule has 6 nitrogen and oxygen atoms in total. The average molecular weight is 255 g/mol. The maximum atomic E-state index is 11.8. The average Bonchev–Trinajstić information content (AvgIpc) is 2.11. The summed E-state index contributed by atoms with van der Waals surface area (Å²) in [6, 6.07) is 0. The highest BCUT2D eigenvalue weighted by Crippen LogP contribution is 2.29. The fraction of sp³-hybridized carbons (Fsp3) is 0.833. The van der Waals surface area contributed by atoms with Gasteiger partial charge in [0.15, 0.2) is 0 Å². The molecule has 18 heavy (non-hydrogen) atoms. The summed E-state index contributed by atoms with van der Waals surface area (Å²) in [5.41, 5.74) is -0.572. The van der Waals surface area contributed by atoms with E-state index in [-0.39, 0.29) is 17.5 Å². The summed E-state index contributed by atoms with van der Waals surface area (Å²) in [7, 11) is 1.92. The molecular weight excluding hydrogens is 234 g/mol. The zero-order chi connectivity index (χ0) is 13.6. The van der Waals surface area contributed by atoms with Crippen molar-refractivity contribution in [2.75, 3.05) is 33.2 Å². The largest absolute Gasteiger partial charge is 0.444 e. The van der Waals surface area contributed by atoms with Crippen LogP contribution in [0, 0.1) is 0 Å². The SMILES string of the molecule is CN1CC(=O)NCC12CN(C(=O)OC(C)(C)C)C2. The molecule has 1 N–H and O–H groups in total. The lowest BCUT2D eigenvalue weighted by Crippen LogP contribution is -2.77. The molecule has 0 radical (unpaired) electrons. The first kappa shape index (κ1) is 13.1. The number of piperazine rings is 1. The molecule has 0 aromatic rings. The Hall–Kier alpha value is -1.30. The predicted molar refractivity (Wildman–Crippen MR) is 66.2 cm³/mol. The van der Waals surface area contributed by atoms with Crippen LogP contribution in [0.2, 0.25) is 0 Å². The summed E-state index contributed by atoms with van der Waals surface area (Å²) in [6.45, 7) is 7.77. The molecule has 0 aliphatic carbocycles. The Bertz CT molecular complexity index is 369. The summed E-state index contributed by atoms with van der Waals surface area (Å²) in [4.78, 5) is 26.8. The minimum Gasteiger partial charge on any atom is -0.444 e. The summed E-state index contributed by atoms with van der Waals surface area (Å²) in [6.07, 6.45) is -0.279. The third kappa shape index (κ3) is 2.43. The number of ether oxygens (including phenoxy) is 1. The smallest absolute Gasteiger partial charge is 0.410 e. The van der Waals surface area contributed by atoms with E-state index in [9.17, 15) is 9.59 Å². The maximum Gasteiger partial charge on any atom is 0.410 e. The fourth-order valence-corrected chi connectivity index (χ4v) is 2.31. The number of amides is 2. The zero-order valence-electron chi connectivity index (χ0n) is 11.4. The second-order valence-corrected chi connectivity index (χ2v) is 6.19. The molecule has 2 heterocycles. The first-order valence-corrected chi connectivity index (χ1v) is 6.18. The number of likely N-dealkylation sites (tertiary alicyclic amines) is 1.